The molecule has 174 valence electrons. The lowest BCUT2D eigenvalue weighted by Crippen LogP contribution is -2.17. The van der Waals surface area contributed by atoms with E-state index in [9.17, 15) is 4.79 Å². The first-order valence-electron chi connectivity index (χ1n) is 10.2. The van der Waals surface area contributed by atoms with Crippen LogP contribution in [0.4, 0.5) is 11.1 Å². The van der Waals surface area contributed by atoms with E-state index in [-0.39, 0.29) is 11.7 Å². The summed E-state index contributed by atoms with van der Waals surface area (Å²) < 4.78 is 3.12. The molecule has 2 aromatic heterocycles. The van der Waals surface area contributed by atoms with E-state index in [1.807, 2.05) is 12.1 Å². The summed E-state index contributed by atoms with van der Waals surface area (Å²) in [6, 6.07) is 8.10. The number of halogens is 1. The Hall–Kier alpha value is -2.16. The van der Waals surface area contributed by atoms with Crippen molar-refractivity contribution in [3.63, 3.8) is 0 Å². The lowest BCUT2D eigenvalue weighted by atomic mass is 9.99. The number of carbonyl (C=O) groups excluding carboxylic acids is 1. The minimum Gasteiger partial charge on any atom is -0.334 e. The summed E-state index contributed by atoms with van der Waals surface area (Å²) >= 11 is 7.56. The number of nitrogens with two attached hydrogens (primary N) is 1. The van der Waals surface area contributed by atoms with E-state index in [1.54, 1.807) is 11.8 Å². The van der Waals surface area contributed by atoms with Gasteiger partial charge in [-0.15, -0.1) is 20.4 Å². The second-order valence-electron chi connectivity index (χ2n) is 7.16. The Bertz CT molecular complexity index is 1130. The molecule has 0 atom stereocenters. The number of nitrogen functional groups attached to an aromatic ring is 1. The maximum absolute atomic E-state index is 12.3. The van der Waals surface area contributed by atoms with Gasteiger partial charge in [-0.1, -0.05) is 69.3 Å². The zero-order chi connectivity index (χ0) is 23.0. The van der Waals surface area contributed by atoms with E-state index < -0.39 is 0 Å². The third-order valence-electron chi connectivity index (χ3n) is 4.65. The fourth-order valence-corrected chi connectivity index (χ4v) is 5.84. The molecule has 0 radical (unpaired) electrons. The van der Waals surface area contributed by atoms with E-state index in [0.717, 1.165) is 46.0 Å². The van der Waals surface area contributed by atoms with Crippen LogP contribution in [0.25, 0.3) is 0 Å². The molecule has 0 unspecified atom stereocenters. The molecular weight excluding hydrogens is 546 g/mol. The first-order chi connectivity index (χ1) is 16.1. The van der Waals surface area contributed by atoms with Gasteiger partial charge in [0.05, 0.1) is 5.75 Å². The second-order valence-corrected chi connectivity index (χ2v) is 11.2. The molecule has 0 aliphatic heterocycles. The summed E-state index contributed by atoms with van der Waals surface area (Å²) in [7, 11) is 0. The number of anilines is 2. The van der Waals surface area contributed by atoms with Crippen molar-refractivity contribution in [2.45, 2.75) is 47.4 Å². The monoisotopic (exact) mass is 567 g/mol. The van der Waals surface area contributed by atoms with E-state index in [0.29, 0.717) is 16.2 Å². The van der Waals surface area contributed by atoms with E-state index in [2.05, 4.69) is 64.3 Å². The molecule has 0 saturated heterocycles. The van der Waals surface area contributed by atoms with Gasteiger partial charge in [-0.3, -0.25) is 10.1 Å². The lowest BCUT2D eigenvalue weighted by Gasteiger charge is -2.12. The van der Waals surface area contributed by atoms with E-state index in [4.69, 9.17) is 5.84 Å². The first-order valence-corrected chi connectivity index (χ1v) is 13.8. The van der Waals surface area contributed by atoms with Gasteiger partial charge in [0, 0.05) is 15.9 Å². The summed E-state index contributed by atoms with van der Waals surface area (Å²) in [6.07, 6.45) is 5.54. The number of carbonyl (C=O) groups is 1. The lowest BCUT2D eigenvalue weighted by molar-refractivity contribution is -0.113. The van der Waals surface area contributed by atoms with Gasteiger partial charge in [0.25, 0.3) is 5.95 Å². The molecule has 2 heterocycles. The number of hydrogen-bond donors (Lipinski definition) is 3. The van der Waals surface area contributed by atoms with Crippen LogP contribution in [0.2, 0.25) is 0 Å². The highest BCUT2D eigenvalue weighted by Crippen LogP contribution is 2.29. The van der Waals surface area contributed by atoms with Crippen LogP contribution in [0.15, 0.2) is 43.3 Å². The summed E-state index contributed by atoms with van der Waals surface area (Å²) in [4.78, 5) is 12.3. The molecule has 0 spiro atoms. The van der Waals surface area contributed by atoms with Crippen LogP contribution in [0.3, 0.4) is 0 Å². The van der Waals surface area contributed by atoms with E-state index in [1.165, 1.54) is 39.8 Å². The molecule has 1 aromatic carbocycles. The largest absolute Gasteiger partial charge is 0.334 e. The van der Waals surface area contributed by atoms with E-state index >= 15 is 0 Å². The zero-order valence-electron chi connectivity index (χ0n) is 17.5. The average molecular weight is 569 g/mol. The standard InChI is InChI=1S/C19H22BrN9OS3/c20-13-6-4-5-12(9-13)10-32-19-28-26-17(33-19)22-15(30)11-31-18-27-25-16(29(18)21)24-23-14-7-2-1-3-8-14/h4-6,9H,1-3,7-8,10-11,21H2,(H,24,25)(H,22,26,30). The maximum atomic E-state index is 12.3. The maximum Gasteiger partial charge on any atom is 0.264 e. The van der Waals surface area contributed by atoms with Gasteiger partial charge in [-0.2, -0.15) is 5.10 Å². The normalized spacial score (nSPS) is 13.7. The van der Waals surface area contributed by atoms with Crippen LogP contribution in [-0.4, -0.2) is 42.4 Å². The Kier molecular flexibility index (Phi) is 8.58. The van der Waals surface area contributed by atoms with Crippen LogP contribution < -0.4 is 16.6 Å². The number of nitrogens with one attached hydrogen (secondary N) is 2. The molecule has 1 amide bonds. The van der Waals surface area contributed by atoms with Crippen molar-refractivity contribution in [3.8, 4) is 0 Å². The number of hydrazone groups is 1. The highest BCUT2D eigenvalue weighted by molar-refractivity contribution is 9.10. The van der Waals surface area contributed by atoms with Crippen molar-refractivity contribution in [2.75, 3.05) is 22.3 Å². The van der Waals surface area contributed by atoms with Crippen LogP contribution >= 0.6 is 50.8 Å². The molecule has 33 heavy (non-hydrogen) atoms. The van der Waals surface area contributed by atoms with Crippen LogP contribution in [0.1, 0.15) is 37.7 Å². The number of rotatable bonds is 9. The van der Waals surface area contributed by atoms with Crippen molar-refractivity contribution < 1.29 is 4.79 Å². The number of amides is 1. The van der Waals surface area contributed by atoms with Gasteiger partial charge in [0.15, 0.2) is 4.34 Å². The second kappa shape index (κ2) is 11.8. The predicted molar refractivity (Wildman–Crippen MR) is 137 cm³/mol. The highest BCUT2D eigenvalue weighted by atomic mass is 79.9. The van der Waals surface area contributed by atoms with Gasteiger partial charge in [-0.05, 0) is 43.4 Å². The molecule has 4 rings (SSSR count). The quantitative estimate of drug-likeness (QED) is 0.149. The van der Waals surface area contributed by atoms with Crippen molar-refractivity contribution in [3.05, 3.63) is 34.3 Å². The topological polar surface area (TPSA) is 136 Å². The molecule has 3 aromatic rings. The number of thioether (sulfide) groups is 2. The smallest absolute Gasteiger partial charge is 0.264 e. The number of aromatic nitrogens is 5. The minimum atomic E-state index is -0.223. The molecule has 0 bridgehead atoms. The first kappa shape index (κ1) is 24.0. The molecule has 1 aliphatic rings. The van der Waals surface area contributed by atoms with Crippen molar-refractivity contribution in [1.82, 2.24) is 25.1 Å². The molecule has 1 saturated carbocycles. The third-order valence-corrected chi connectivity index (χ3v) is 8.13. The average Bonchev–Trinajstić information content (AvgIpc) is 3.41. The summed E-state index contributed by atoms with van der Waals surface area (Å²) in [6.45, 7) is 0. The molecule has 1 fully saturated rings. The van der Waals surface area contributed by atoms with Gasteiger partial charge >= 0.3 is 0 Å². The van der Waals surface area contributed by atoms with Gasteiger partial charge in [0.2, 0.25) is 16.2 Å². The highest BCUT2D eigenvalue weighted by Gasteiger charge is 2.14. The molecule has 10 nitrogen and oxygen atoms in total. The van der Waals surface area contributed by atoms with Crippen molar-refractivity contribution in [1.29, 1.82) is 0 Å². The van der Waals surface area contributed by atoms with Gasteiger partial charge < -0.3 is 5.84 Å². The van der Waals surface area contributed by atoms with Crippen molar-refractivity contribution in [2.24, 2.45) is 5.10 Å². The molecular formula is C19H22BrN9OS3. The Morgan fingerprint density at radius 2 is 2.03 bits per heavy atom. The summed E-state index contributed by atoms with van der Waals surface area (Å²) in [5.41, 5.74) is 5.17. The Balaban J connectivity index is 1.23. The van der Waals surface area contributed by atoms with Crippen LogP contribution in [0, 0.1) is 0 Å². The number of benzene rings is 1. The predicted octanol–water partition coefficient (Wildman–Crippen LogP) is 4.36. The minimum absolute atomic E-state index is 0.115. The van der Waals surface area contributed by atoms with Gasteiger partial charge in [-0.25, -0.2) is 10.1 Å². The Labute approximate surface area is 211 Å². The summed E-state index contributed by atoms with van der Waals surface area (Å²) in [5, 5.41) is 24.2. The fourth-order valence-electron chi connectivity index (χ4n) is 3.03. The van der Waals surface area contributed by atoms with Gasteiger partial charge in [0.1, 0.15) is 0 Å². The number of hydrogen-bond acceptors (Lipinski definition) is 11. The molecule has 14 heteroatoms. The SMILES string of the molecule is Nn1c(NN=C2CCCCC2)nnc1SCC(=O)Nc1nnc(SCc2cccc(Br)c2)s1. The molecule has 4 N–H and O–H groups in total. The fraction of sp³-hybridized carbons (Fsp3) is 0.368. The number of nitrogens with zero attached hydrogens (tertiary/aromatic N) is 6. The molecule has 1 aliphatic carbocycles. The van der Waals surface area contributed by atoms with Crippen LogP contribution in [0.5, 0.6) is 0 Å². The Morgan fingerprint density at radius 3 is 2.85 bits per heavy atom. The zero-order valence-corrected chi connectivity index (χ0v) is 21.6. The summed E-state index contributed by atoms with van der Waals surface area (Å²) in [5.74, 6) is 7.04. The van der Waals surface area contributed by atoms with Crippen molar-refractivity contribution >= 4 is 73.5 Å². The van der Waals surface area contributed by atoms with Crippen LogP contribution in [-0.2, 0) is 10.5 Å². The Morgan fingerprint density at radius 1 is 1.18 bits per heavy atom. The third kappa shape index (κ3) is 7.16.